The molecule has 2 aromatic carbocycles. The molecule has 1 fully saturated rings. The van der Waals surface area contributed by atoms with Crippen molar-refractivity contribution in [2.45, 2.75) is 49.7 Å². The fourth-order valence-electron chi connectivity index (χ4n) is 5.58. The number of aryl methyl sites for hydroxylation is 1. The molecule has 186 valence electrons. The molecule has 9 heteroatoms. The van der Waals surface area contributed by atoms with E-state index in [9.17, 15) is 18.3 Å². The molecule has 6 rings (SSSR count). The first kappa shape index (κ1) is 23.0. The van der Waals surface area contributed by atoms with E-state index in [-0.39, 0.29) is 35.3 Å². The van der Waals surface area contributed by atoms with Crippen LogP contribution in [0.4, 0.5) is 13.2 Å². The van der Waals surface area contributed by atoms with Gasteiger partial charge in [-0.25, -0.2) is 0 Å². The number of nitrogens with two attached hydrogens (primary N) is 1. The molecule has 4 aromatic rings. The van der Waals surface area contributed by atoms with Crippen LogP contribution in [0.25, 0.3) is 34.0 Å². The Bertz CT molecular complexity index is 1430. The van der Waals surface area contributed by atoms with Gasteiger partial charge in [-0.05, 0) is 49.1 Å². The second-order valence-corrected chi connectivity index (χ2v) is 9.81. The molecule has 3 N–H and O–H groups in total. The van der Waals surface area contributed by atoms with Gasteiger partial charge in [0.1, 0.15) is 11.3 Å². The van der Waals surface area contributed by atoms with Crippen LogP contribution in [-0.2, 0) is 19.0 Å². The molecule has 0 aliphatic heterocycles. The van der Waals surface area contributed by atoms with Crippen LogP contribution >= 0.6 is 0 Å². The molecule has 0 spiro atoms. The van der Waals surface area contributed by atoms with E-state index in [0.29, 0.717) is 24.1 Å². The maximum Gasteiger partial charge on any atom is 0.422 e. The summed E-state index contributed by atoms with van der Waals surface area (Å²) in [6.45, 7) is -0.0343. The Balaban J connectivity index is 1.38. The molecule has 6 nitrogen and oxygen atoms in total. The quantitative estimate of drug-likeness (QED) is 0.375. The second kappa shape index (κ2) is 8.31. The van der Waals surface area contributed by atoms with Crippen LogP contribution in [0.15, 0.2) is 57.6 Å². The third-order valence-electron chi connectivity index (χ3n) is 7.47. The fraction of sp³-hybridized carbons (Fsp3) is 0.333. The van der Waals surface area contributed by atoms with Crippen LogP contribution in [0.3, 0.4) is 0 Å². The Hall–Kier alpha value is -3.43. The average Bonchev–Trinajstić information content (AvgIpc) is 3.60. The second-order valence-electron chi connectivity index (χ2n) is 9.81. The van der Waals surface area contributed by atoms with Crippen LogP contribution in [-0.4, -0.2) is 27.6 Å². The van der Waals surface area contributed by atoms with Gasteiger partial charge in [0.2, 0.25) is 0 Å². The maximum atomic E-state index is 14.2. The van der Waals surface area contributed by atoms with Gasteiger partial charge in [0.05, 0.1) is 6.61 Å². The van der Waals surface area contributed by atoms with Crippen molar-refractivity contribution in [1.29, 1.82) is 0 Å². The van der Waals surface area contributed by atoms with Gasteiger partial charge in [-0.1, -0.05) is 58.8 Å². The minimum Gasteiger partial charge on any atom is -0.394 e. The summed E-state index contributed by atoms with van der Waals surface area (Å²) in [6.07, 6.45) is -1.20. The van der Waals surface area contributed by atoms with Gasteiger partial charge >= 0.3 is 6.18 Å². The number of aliphatic hydroxyl groups excluding tert-OH is 1. The van der Waals surface area contributed by atoms with Crippen molar-refractivity contribution >= 4 is 0 Å². The molecule has 0 saturated heterocycles. The molecule has 1 saturated carbocycles. The van der Waals surface area contributed by atoms with Gasteiger partial charge in [0.15, 0.2) is 17.2 Å². The van der Waals surface area contributed by atoms with E-state index in [4.69, 9.17) is 14.8 Å². The number of hydrogen-bond donors (Lipinski definition) is 2. The molecule has 2 heterocycles. The zero-order valence-corrected chi connectivity index (χ0v) is 19.3. The van der Waals surface area contributed by atoms with Crippen LogP contribution in [0.2, 0.25) is 0 Å². The largest absolute Gasteiger partial charge is 0.422 e. The molecule has 2 aliphatic carbocycles. The number of halogens is 3. The highest BCUT2D eigenvalue weighted by atomic mass is 19.4. The van der Waals surface area contributed by atoms with Crippen molar-refractivity contribution < 1.29 is 27.3 Å². The molecular formula is C27H24F3N3O3. The highest BCUT2D eigenvalue weighted by Crippen LogP contribution is 2.47. The SMILES string of the molecule is N[C@]1(CO)CC[C@@H](c2ccc3c(c2)CCc2c-3noc2-c2noc(-c3ccccc3)c2C(F)(F)F)C1. The van der Waals surface area contributed by atoms with Crippen molar-refractivity contribution in [2.24, 2.45) is 5.73 Å². The van der Waals surface area contributed by atoms with Crippen molar-refractivity contribution in [2.75, 3.05) is 6.61 Å². The van der Waals surface area contributed by atoms with Crippen LogP contribution in [0.1, 0.15) is 47.4 Å². The predicted octanol–water partition coefficient (Wildman–Crippen LogP) is 5.74. The third kappa shape index (κ3) is 3.74. The Kier molecular flexibility index (Phi) is 5.31. The zero-order valence-electron chi connectivity index (χ0n) is 19.3. The Labute approximate surface area is 204 Å². The molecule has 0 amide bonds. The molecule has 2 aliphatic rings. The Morgan fingerprint density at radius 2 is 1.75 bits per heavy atom. The highest BCUT2D eigenvalue weighted by Gasteiger charge is 2.43. The normalized spacial score (nSPS) is 21.4. The number of fused-ring (bicyclic) bond motifs is 3. The molecule has 0 unspecified atom stereocenters. The summed E-state index contributed by atoms with van der Waals surface area (Å²) in [7, 11) is 0. The Morgan fingerprint density at radius 1 is 1.00 bits per heavy atom. The summed E-state index contributed by atoms with van der Waals surface area (Å²) >= 11 is 0. The van der Waals surface area contributed by atoms with Gasteiger partial charge in [0, 0.05) is 22.2 Å². The average molecular weight is 496 g/mol. The summed E-state index contributed by atoms with van der Waals surface area (Å²) in [5.74, 6) is -0.0910. The molecule has 2 atom stereocenters. The van der Waals surface area contributed by atoms with Gasteiger partial charge < -0.3 is 19.9 Å². The number of nitrogens with zero attached hydrogens (tertiary/aromatic N) is 2. The van der Waals surface area contributed by atoms with E-state index in [0.717, 1.165) is 36.0 Å². The number of aromatic nitrogens is 2. The topological polar surface area (TPSA) is 98.3 Å². The van der Waals surface area contributed by atoms with E-state index >= 15 is 0 Å². The number of aliphatic hydroxyl groups is 1. The lowest BCUT2D eigenvalue weighted by Crippen LogP contribution is -2.40. The first-order valence-corrected chi connectivity index (χ1v) is 11.9. The third-order valence-corrected chi connectivity index (χ3v) is 7.47. The first-order valence-electron chi connectivity index (χ1n) is 11.9. The van der Waals surface area contributed by atoms with E-state index in [1.807, 2.05) is 12.1 Å². The van der Waals surface area contributed by atoms with Crippen molar-refractivity contribution in [3.05, 3.63) is 70.8 Å². The van der Waals surface area contributed by atoms with Crippen molar-refractivity contribution in [3.63, 3.8) is 0 Å². The maximum absolute atomic E-state index is 14.2. The summed E-state index contributed by atoms with van der Waals surface area (Å²) in [4.78, 5) is 0. The molecule has 2 aromatic heterocycles. The number of rotatable bonds is 4. The van der Waals surface area contributed by atoms with E-state index < -0.39 is 17.3 Å². The van der Waals surface area contributed by atoms with Gasteiger partial charge in [-0.2, -0.15) is 13.2 Å². The molecule has 0 radical (unpaired) electrons. The van der Waals surface area contributed by atoms with Crippen molar-refractivity contribution in [1.82, 2.24) is 10.3 Å². The van der Waals surface area contributed by atoms with Gasteiger partial charge in [0.25, 0.3) is 0 Å². The van der Waals surface area contributed by atoms with Crippen LogP contribution in [0, 0.1) is 0 Å². The lowest BCUT2D eigenvalue weighted by molar-refractivity contribution is -0.136. The van der Waals surface area contributed by atoms with E-state index in [2.05, 4.69) is 16.4 Å². The molecular weight excluding hydrogens is 471 g/mol. The standard InChI is InChI=1S/C27H24F3N3O3/c28-27(29,30)21-23(33-35-24(21)15-4-2-1-3-5-15)25-20-9-7-17-12-16(6-8-19(17)22(20)32-36-25)18-10-11-26(31,13-18)14-34/h1-6,8,12,18,34H,7,9-11,13-14,31H2/t18-,26-/m1/s1. The van der Waals surface area contributed by atoms with E-state index in [1.165, 1.54) is 0 Å². The summed E-state index contributed by atoms with van der Waals surface area (Å²) in [5.41, 5.74) is 8.84. The lowest BCUT2D eigenvalue weighted by atomic mass is 9.84. The number of alkyl halides is 3. The van der Waals surface area contributed by atoms with Gasteiger partial charge in [-0.15, -0.1) is 0 Å². The molecule has 0 bridgehead atoms. The predicted molar refractivity (Wildman–Crippen MR) is 126 cm³/mol. The van der Waals surface area contributed by atoms with E-state index in [1.54, 1.807) is 30.3 Å². The van der Waals surface area contributed by atoms with Gasteiger partial charge in [-0.3, -0.25) is 0 Å². The van der Waals surface area contributed by atoms with Crippen molar-refractivity contribution in [3.8, 4) is 34.0 Å². The minimum atomic E-state index is -4.70. The number of benzene rings is 2. The zero-order chi connectivity index (χ0) is 25.1. The first-order chi connectivity index (χ1) is 17.3. The highest BCUT2D eigenvalue weighted by molar-refractivity contribution is 5.79. The Morgan fingerprint density at radius 3 is 2.47 bits per heavy atom. The molecule has 36 heavy (non-hydrogen) atoms. The summed E-state index contributed by atoms with van der Waals surface area (Å²) in [5, 5.41) is 17.6. The summed E-state index contributed by atoms with van der Waals surface area (Å²) < 4.78 is 53.2. The lowest BCUT2D eigenvalue weighted by Gasteiger charge is -2.22. The smallest absolute Gasteiger partial charge is 0.394 e. The fourth-order valence-corrected chi connectivity index (χ4v) is 5.58. The summed E-state index contributed by atoms with van der Waals surface area (Å²) in [6, 6.07) is 14.2. The van der Waals surface area contributed by atoms with Crippen LogP contribution < -0.4 is 5.73 Å². The monoisotopic (exact) mass is 495 g/mol. The number of hydrogen-bond acceptors (Lipinski definition) is 6. The van der Waals surface area contributed by atoms with Crippen LogP contribution in [0.5, 0.6) is 0 Å². The minimum absolute atomic E-state index is 0.00960.